The molecule has 4 atom stereocenters. The van der Waals surface area contributed by atoms with Crippen molar-refractivity contribution in [3.8, 4) is 0 Å². The fourth-order valence-corrected chi connectivity index (χ4v) is 5.68. The first-order valence-electron chi connectivity index (χ1n) is 18.3. The lowest BCUT2D eigenvalue weighted by Crippen LogP contribution is -2.48. The van der Waals surface area contributed by atoms with E-state index in [1.54, 1.807) is 12.2 Å². The highest BCUT2D eigenvalue weighted by Gasteiger charge is 2.28. The van der Waals surface area contributed by atoms with Crippen LogP contribution in [-0.4, -0.2) is 59.0 Å². The molecule has 0 rings (SSSR count). The Bertz CT molecular complexity index is 922. The van der Waals surface area contributed by atoms with E-state index in [0.717, 1.165) is 32.1 Å². The van der Waals surface area contributed by atoms with Gasteiger partial charge in [-0.3, -0.25) is 13.8 Å². The number of rotatable bonds is 32. The molecule has 0 fully saturated rings. The van der Waals surface area contributed by atoms with Gasteiger partial charge in [0.2, 0.25) is 0 Å². The second-order valence-electron chi connectivity index (χ2n) is 12.4. The van der Waals surface area contributed by atoms with E-state index < -0.39 is 38.6 Å². The fourth-order valence-electron chi connectivity index (χ4n) is 4.92. The molecule has 0 aromatic carbocycles. The summed E-state index contributed by atoms with van der Waals surface area (Å²) in [4.78, 5) is 22.6. The Kier molecular flexibility index (Phi) is 30.6. The van der Waals surface area contributed by atoms with Crippen LogP contribution in [-0.2, 0) is 18.4 Å². The van der Waals surface area contributed by atoms with Crippen LogP contribution < -0.4 is 11.1 Å². The number of unbranched alkanes of at least 4 members (excludes halogenated alkanes) is 16. The zero-order chi connectivity index (χ0) is 35.0. The predicted octanol–water partition coefficient (Wildman–Crippen LogP) is 8.35. The van der Waals surface area contributed by atoms with Gasteiger partial charge in [0, 0.05) is 6.54 Å². The molecule has 0 radical (unpaired) electrons. The van der Waals surface area contributed by atoms with E-state index in [-0.39, 0.29) is 13.2 Å². The maximum Gasteiger partial charge on any atom is 0.472 e. The molecule has 0 aromatic rings. The van der Waals surface area contributed by atoms with Gasteiger partial charge in [-0.15, -0.1) is 0 Å². The number of hydrogen-bond donors (Lipinski definition) is 5. The van der Waals surface area contributed by atoms with Gasteiger partial charge in [0.25, 0.3) is 5.91 Å². The van der Waals surface area contributed by atoms with Crippen LogP contribution in [0.1, 0.15) is 143 Å². The molecular formula is C37H69N2O7P. The average Bonchev–Trinajstić information content (AvgIpc) is 3.05. The summed E-state index contributed by atoms with van der Waals surface area (Å²) in [5, 5.41) is 23.7. The summed E-state index contributed by atoms with van der Waals surface area (Å²) in [6.45, 7) is 5.85. The van der Waals surface area contributed by atoms with E-state index in [9.17, 15) is 24.5 Å². The van der Waals surface area contributed by atoms with Crippen LogP contribution in [0.25, 0.3) is 0 Å². The monoisotopic (exact) mass is 684 g/mol. The van der Waals surface area contributed by atoms with Crippen molar-refractivity contribution < 1.29 is 33.5 Å². The molecule has 0 bridgehead atoms. The normalized spacial score (nSPS) is 15.9. The van der Waals surface area contributed by atoms with Crippen LogP contribution in [0.15, 0.2) is 48.1 Å². The zero-order valence-electron chi connectivity index (χ0n) is 29.8. The smallest absolute Gasteiger partial charge is 0.387 e. The van der Waals surface area contributed by atoms with Crippen molar-refractivity contribution in [2.24, 2.45) is 5.73 Å². The molecule has 0 aliphatic carbocycles. The summed E-state index contributed by atoms with van der Waals surface area (Å²) in [7, 11) is -4.44. The van der Waals surface area contributed by atoms with Crippen LogP contribution >= 0.6 is 7.82 Å². The van der Waals surface area contributed by atoms with Crippen LogP contribution in [0, 0.1) is 0 Å². The fraction of sp³-hybridized carbons (Fsp3) is 0.757. The molecule has 6 N–H and O–H groups in total. The van der Waals surface area contributed by atoms with Gasteiger partial charge in [-0.2, -0.15) is 0 Å². The van der Waals surface area contributed by atoms with Crippen molar-refractivity contribution >= 4 is 13.7 Å². The van der Waals surface area contributed by atoms with Crippen molar-refractivity contribution in [2.45, 2.75) is 161 Å². The molecule has 0 spiro atoms. The number of aliphatic hydroxyl groups is 2. The number of phosphoric acid groups is 1. The Morgan fingerprint density at radius 1 is 0.766 bits per heavy atom. The second-order valence-corrected chi connectivity index (χ2v) is 13.8. The Hall–Kier alpha value is -1.58. The lowest BCUT2D eigenvalue weighted by molar-refractivity contribution is -0.128. The van der Waals surface area contributed by atoms with E-state index in [0.29, 0.717) is 6.42 Å². The molecule has 1 amide bonds. The summed E-state index contributed by atoms with van der Waals surface area (Å²) in [5.41, 5.74) is 6.51. The Labute approximate surface area is 286 Å². The van der Waals surface area contributed by atoms with E-state index in [1.807, 2.05) is 0 Å². The Balaban J connectivity index is 4.79. The minimum Gasteiger partial charge on any atom is -0.387 e. The first kappa shape index (κ1) is 45.4. The molecule has 47 heavy (non-hydrogen) atoms. The number of nitrogens with two attached hydrogens (primary N) is 1. The third-order valence-corrected chi connectivity index (χ3v) is 8.81. The van der Waals surface area contributed by atoms with E-state index in [1.165, 1.54) is 101 Å². The molecule has 0 aromatic heterocycles. The zero-order valence-corrected chi connectivity index (χ0v) is 30.7. The first-order chi connectivity index (χ1) is 22.7. The molecule has 4 unspecified atom stereocenters. The third kappa shape index (κ3) is 29.1. The average molecular weight is 685 g/mol. The number of allylic oxidation sites excluding steroid dienone is 6. The highest BCUT2D eigenvalue weighted by molar-refractivity contribution is 7.47. The molecule has 0 saturated heterocycles. The molecule has 0 aliphatic rings. The molecule has 0 saturated carbocycles. The second kappa shape index (κ2) is 31.7. The van der Waals surface area contributed by atoms with Gasteiger partial charge in [0.1, 0.15) is 0 Å². The molecular weight excluding hydrogens is 615 g/mol. The number of carbonyl (C=O) groups is 1. The van der Waals surface area contributed by atoms with Crippen molar-refractivity contribution in [3.63, 3.8) is 0 Å². The highest BCUT2D eigenvalue weighted by Crippen LogP contribution is 2.43. The molecule has 274 valence electrons. The van der Waals surface area contributed by atoms with Crippen LogP contribution in [0.4, 0.5) is 0 Å². The van der Waals surface area contributed by atoms with Crippen molar-refractivity contribution in [3.05, 3.63) is 48.1 Å². The van der Waals surface area contributed by atoms with Crippen molar-refractivity contribution in [1.82, 2.24) is 5.32 Å². The summed E-state index contributed by atoms with van der Waals surface area (Å²) < 4.78 is 21.9. The van der Waals surface area contributed by atoms with Gasteiger partial charge in [-0.25, -0.2) is 4.57 Å². The molecule has 9 nitrogen and oxygen atoms in total. The lowest BCUT2D eigenvalue weighted by atomic mass is 10.1. The topological polar surface area (TPSA) is 151 Å². The van der Waals surface area contributed by atoms with E-state index >= 15 is 0 Å². The van der Waals surface area contributed by atoms with Gasteiger partial charge in [0.15, 0.2) is 6.10 Å². The Morgan fingerprint density at radius 3 is 1.87 bits per heavy atom. The lowest BCUT2D eigenvalue weighted by Gasteiger charge is -2.24. The maximum atomic E-state index is 12.7. The molecule has 10 heteroatoms. The van der Waals surface area contributed by atoms with E-state index in [2.05, 4.69) is 44.3 Å². The summed E-state index contributed by atoms with van der Waals surface area (Å²) >= 11 is 0. The minimum atomic E-state index is -4.44. The standard InChI is InChI=1S/C37H69N2O7P/c1-4-6-8-10-12-13-14-15-16-18-20-24-29-36(41)37(42)39-34(32-46-47(43,44)45-31-30-38)35(40)28-25-21-23-27-33(3)26-22-19-17-11-9-7-5-2/h22,24-29,34-36,40-41H,4-21,23,30-32,38H2,1-3H3,(H,39,42)(H,43,44)/b26-22+,28-25+,29-24+,33-27+. The van der Waals surface area contributed by atoms with Gasteiger partial charge in [-0.1, -0.05) is 145 Å². The van der Waals surface area contributed by atoms with Crippen LogP contribution in [0.5, 0.6) is 0 Å². The molecule has 0 aliphatic heterocycles. The quantitative estimate of drug-likeness (QED) is 0.0205. The number of phosphoric ester groups is 1. The number of carbonyl (C=O) groups excluding carboxylic acids is 1. The van der Waals surface area contributed by atoms with E-state index in [4.69, 9.17) is 14.8 Å². The van der Waals surface area contributed by atoms with Gasteiger partial charge in [0.05, 0.1) is 25.4 Å². The first-order valence-corrected chi connectivity index (χ1v) is 19.8. The number of aliphatic hydroxyl groups excluding tert-OH is 2. The number of amides is 1. The summed E-state index contributed by atoms with van der Waals surface area (Å²) in [5.74, 6) is -0.739. The highest BCUT2D eigenvalue weighted by atomic mass is 31.2. The molecule has 0 heterocycles. The van der Waals surface area contributed by atoms with Crippen LogP contribution in [0.2, 0.25) is 0 Å². The van der Waals surface area contributed by atoms with Gasteiger partial charge in [-0.05, 0) is 45.4 Å². The Morgan fingerprint density at radius 2 is 1.30 bits per heavy atom. The van der Waals surface area contributed by atoms with Gasteiger partial charge < -0.3 is 26.2 Å². The summed E-state index contributed by atoms with van der Waals surface area (Å²) in [6.07, 6.45) is 32.3. The SMILES string of the molecule is CCCCCCC/C=C/C(C)=C/CC/C=C/C(O)C(COP(=O)(O)OCCN)NC(=O)C(O)/C=C/CCCCCCCCCCCC. The minimum absolute atomic E-state index is 0.0276. The summed E-state index contributed by atoms with van der Waals surface area (Å²) in [6, 6.07) is -1.09. The third-order valence-electron chi connectivity index (χ3n) is 7.83. The largest absolute Gasteiger partial charge is 0.472 e. The van der Waals surface area contributed by atoms with Crippen molar-refractivity contribution in [1.29, 1.82) is 0 Å². The van der Waals surface area contributed by atoms with Gasteiger partial charge >= 0.3 is 7.82 Å². The maximum absolute atomic E-state index is 12.7. The van der Waals surface area contributed by atoms with Crippen molar-refractivity contribution in [2.75, 3.05) is 19.8 Å². The number of nitrogens with one attached hydrogen (secondary N) is 1. The predicted molar refractivity (Wildman–Crippen MR) is 195 cm³/mol. The van der Waals surface area contributed by atoms with Crippen LogP contribution in [0.3, 0.4) is 0 Å². The number of hydrogen-bond acceptors (Lipinski definition) is 7.